The van der Waals surface area contributed by atoms with Crippen molar-refractivity contribution in [3.8, 4) is 12.3 Å². The lowest BCUT2D eigenvalue weighted by atomic mass is 10.3. The molecule has 0 spiro atoms. The predicted molar refractivity (Wildman–Crippen MR) is 60.4 cm³/mol. The second kappa shape index (κ2) is 6.44. The zero-order valence-electron chi connectivity index (χ0n) is 9.25. The Morgan fingerprint density at radius 3 is 3.13 bits per heavy atom. The Morgan fingerprint density at radius 2 is 2.40 bits per heavy atom. The SMILES string of the molecule is C#CC(C)NC(=O)CN1CCCNCC1. The zero-order valence-corrected chi connectivity index (χ0v) is 9.25. The van der Waals surface area contributed by atoms with Gasteiger partial charge in [-0.1, -0.05) is 5.92 Å². The summed E-state index contributed by atoms with van der Waals surface area (Å²) in [5.74, 6) is 2.50. The second-order valence-electron chi connectivity index (χ2n) is 3.84. The summed E-state index contributed by atoms with van der Waals surface area (Å²) in [5, 5.41) is 6.06. The third-order valence-corrected chi connectivity index (χ3v) is 2.43. The molecular formula is C11H19N3O. The molecule has 0 saturated carbocycles. The van der Waals surface area contributed by atoms with Gasteiger partial charge >= 0.3 is 0 Å². The number of carbonyl (C=O) groups is 1. The molecule has 4 heteroatoms. The summed E-state index contributed by atoms with van der Waals surface area (Å²) in [6, 6.07) is -0.178. The molecule has 1 atom stereocenters. The van der Waals surface area contributed by atoms with Gasteiger partial charge in [-0.05, 0) is 26.4 Å². The number of hydrogen-bond donors (Lipinski definition) is 2. The van der Waals surface area contributed by atoms with Crippen molar-refractivity contribution in [3.63, 3.8) is 0 Å². The summed E-state index contributed by atoms with van der Waals surface area (Å²) in [6.45, 7) is 6.16. The summed E-state index contributed by atoms with van der Waals surface area (Å²) >= 11 is 0. The maximum atomic E-state index is 11.5. The number of rotatable bonds is 3. The van der Waals surface area contributed by atoms with Crippen molar-refractivity contribution in [3.05, 3.63) is 0 Å². The van der Waals surface area contributed by atoms with Crippen LogP contribution in [0.3, 0.4) is 0 Å². The van der Waals surface area contributed by atoms with Gasteiger partial charge in [-0.3, -0.25) is 9.69 Å². The predicted octanol–water partition coefficient (Wildman–Crippen LogP) is -0.580. The van der Waals surface area contributed by atoms with E-state index >= 15 is 0 Å². The van der Waals surface area contributed by atoms with E-state index in [0.29, 0.717) is 6.54 Å². The highest BCUT2D eigenvalue weighted by Crippen LogP contribution is 1.94. The quantitative estimate of drug-likeness (QED) is 0.611. The van der Waals surface area contributed by atoms with Crippen molar-refractivity contribution in [1.29, 1.82) is 0 Å². The van der Waals surface area contributed by atoms with Gasteiger partial charge in [0, 0.05) is 13.1 Å². The molecule has 0 aromatic rings. The number of nitrogens with one attached hydrogen (secondary N) is 2. The lowest BCUT2D eigenvalue weighted by molar-refractivity contribution is -0.122. The van der Waals surface area contributed by atoms with Crippen LogP contribution in [-0.2, 0) is 4.79 Å². The molecular weight excluding hydrogens is 190 g/mol. The molecule has 1 aliphatic heterocycles. The van der Waals surface area contributed by atoms with Crippen LogP contribution in [-0.4, -0.2) is 49.6 Å². The number of nitrogens with zero attached hydrogens (tertiary/aromatic N) is 1. The highest BCUT2D eigenvalue weighted by Gasteiger charge is 2.13. The van der Waals surface area contributed by atoms with Crippen molar-refractivity contribution in [1.82, 2.24) is 15.5 Å². The Kier molecular flexibility index (Phi) is 5.16. The van der Waals surface area contributed by atoms with E-state index in [2.05, 4.69) is 21.5 Å². The third-order valence-electron chi connectivity index (χ3n) is 2.43. The van der Waals surface area contributed by atoms with E-state index in [1.165, 1.54) is 0 Å². The molecule has 1 rings (SSSR count). The zero-order chi connectivity index (χ0) is 11.1. The first-order chi connectivity index (χ1) is 7.22. The molecule has 4 nitrogen and oxygen atoms in total. The molecule has 1 unspecified atom stereocenters. The van der Waals surface area contributed by atoms with Crippen molar-refractivity contribution in [2.75, 3.05) is 32.7 Å². The van der Waals surface area contributed by atoms with E-state index in [4.69, 9.17) is 6.42 Å². The van der Waals surface area contributed by atoms with Gasteiger partial charge in [-0.15, -0.1) is 6.42 Å². The fourth-order valence-electron chi connectivity index (χ4n) is 1.59. The second-order valence-corrected chi connectivity index (χ2v) is 3.84. The summed E-state index contributed by atoms with van der Waals surface area (Å²) < 4.78 is 0. The molecule has 2 N–H and O–H groups in total. The van der Waals surface area contributed by atoms with E-state index in [1.807, 2.05) is 6.92 Å². The van der Waals surface area contributed by atoms with E-state index in [1.54, 1.807) is 0 Å². The number of carbonyl (C=O) groups excluding carboxylic acids is 1. The number of amides is 1. The van der Waals surface area contributed by atoms with Crippen LogP contribution in [0.2, 0.25) is 0 Å². The minimum absolute atomic E-state index is 0.0161. The molecule has 0 aromatic carbocycles. The van der Waals surface area contributed by atoms with E-state index in [9.17, 15) is 4.79 Å². The van der Waals surface area contributed by atoms with Crippen LogP contribution in [0, 0.1) is 12.3 Å². The van der Waals surface area contributed by atoms with Gasteiger partial charge in [0.2, 0.25) is 5.91 Å². The van der Waals surface area contributed by atoms with Crippen LogP contribution in [0.25, 0.3) is 0 Å². The third kappa shape index (κ3) is 4.82. The molecule has 1 saturated heterocycles. The first-order valence-corrected chi connectivity index (χ1v) is 5.41. The first-order valence-electron chi connectivity index (χ1n) is 5.41. The van der Waals surface area contributed by atoms with E-state index in [-0.39, 0.29) is 11.9 Å². The van der Waals surface area contributed by atoms with Crippen LogP contribution in [0.4, 0.5) is 0 Å². The van der Waals surface area contributed by atoms with Gasteiger partial charge in [-0.2, -0.15) is 0 Å². The Balaban J connectivity index is 2.27. The monoisotopic (exact) mass is 209 g/mol. The van der Waals surface area contributed by atoms with Crippen molar-refractivity contribution in [2.24, 2.45) is 0 Å². The minimum atomic E-state index is -0.178. The van der Waals surface area contributed by atoms with Gasteiger partial charge in [0.1, 0.15) is 0 Å². The molecule has 1 heterocycles. The normalized spacial score (nSPS) is 20.0. The van der Waals surface area contributed by atoms with Crippen LogP contribution >= 0.6 is 0 Å². The average Bonchev–Trinajstić information content (AvgIpc) is 2.46. The maximum absolute atomic E-state index is 11.5. The maximum Gasteiger partial charge on any atom is 0.235 e. The molecule has 0 radical (unpaired) electrons. The Hall–Kier alpha value is -1.05. The summed E-state index contributed by atoms with van der Waals surface area (Å²) in [4.78, 5) is 13.7. The fraction of sp³-hybridized carbons (Fsp3) is 0.727. The molecule has 15 heavy (non-hydrogen) atoms. The average molecular weight is 209 g/mol. The number of hydrogen-bond acceptors (Lipinski definition) is 3. The highest BCUT2D eigenvalue weighted by atomic mass is 16.2. The Morgan fingerprint density at radius 1 is 1.60 bits per heavy atom. The summed E-state index contributed by atoms with van der Waals surface area (Å²) in [6.07, 6.45) is 6.29. The molecule has 0 aliphatic carbocycles. The van der Waals surface area contributed by atoms with Crippen molar-refractivity contribution >= 4 is 5.91 Å². The van der Waals surface area contributed by atoms with Crippen LogP contribution < -0.4 is 10.6 Å². The standard InChI is InChI=1S/C11H19N3O/c1-3-10(2)13-11(15)9-14-7-4-5-12-6-8-14/h1,10,12H,4-9H2,2H3,(H,13,15). The highest BCUT2D eigenvalue weighted by molar-refractivity contribution is 5.78. The van der Waals surface area contributed by atoms with Gasteiger partial charge in [-0.25, -0.2) is 0 Å². The Labute approximate surface area is 91.4 Å². The van der Waals surface area contributed by atoms with Gasteiger partial charge in [0.15, 0.2) is 0 Å². The van der Waals surface area contributed by atoms with Gasteiger partial charge in [0.25, 0.3) is 0 Å². The molecule has 84 valence electrons. The van der Waals surface area contributed by atoms with E-state index in [0.717, 1.165) is 32.6 Å². The fourth-order valence-corrected chi connectivity index (χ4v) is 1.59. The molecule has 1 amide bonds. The van der Waals surface area contributed by atoms with E-state index < -0.39 is 0 Å². The van der Waals surface area contributed by atoms with Crippen LogP contribution in [0.15, 0.2) is 0 Å². The Bertz CT molecular complexity index is 239. The number of terminal acetylenes is 1. The van der Waals surface area contributed by atoms with Gasteiger partial charge < -0.3 is 10.6 Å². The van der Waals surface area contributed by atoms with Gasteiger partial charge in [0.05, 0.1) is 12.6 Å². The van der Waals surface area contributed by atoms with Crippen LogP contribution in [0.5, 0.6) is 0 Å². The smallest absolute Gasteiger partial charge is 0.235 e. The lowest BCUT2D eigenvalue weighted by Gasteiger charge is -2.19. The summed E-state index contributed by atoms with van der Waals surface area (Å²) in [7, 11) is 0. The van der Waals surface area contributed by atoms with Crippen molar-refractivity contribution in [2.45, 2.75) is 19.4 Å². The largest absolute Gasteiger partial charge is 0.342 e. The van der Waals surface area contributed by atoms with Crippen LogP contribution in [0.1, 0.15) is 13.3 Å². The summed E-state index contributed by atoms with van der Waals surface area (Å²) in [5.41, 5.74) is 0. The lowest BCUT2D eigenvalue weighted by Crippen LogP contribution is -2.41. The molecule has 1 aliphatic rings. The molecule has 1 fully saturated rings. The topological polar surface area (TPSA) is 44.4 Å². The molecule has 0 bridgehead atoms. The first kappa shape index (κ1) is 12.0. The molecule has 0 aromatic heterocycles. The van der Waals surface area contributed by atoms with Crippen molar-refractivity contribution < 1.29 is 4.79 Å². The minimum Gasteiger partial charge on any atom is -0.342 e.